The van der Waals surface area contributed by atoms with Crippen LogP contribution in [0.5, 0.6) is 5.75 Å². The lowest BCUT2D eigenvalue weighted by Crippen LogP contribution is -2.45. The molecule has 0 radical (unpaired) electrons. The summed E-state index contributed by atoms with van der Waals surface area (Å²) in [5, 5.41) is 8.96. The van der Waals surface area contributed by atoms with Gasteiger partial charge in [-0.1, -0.05) is 111 Å². The zero-order valence-corrected chi connectivity index (χ0v) is 21.2. The van der Waals surface area contributed by atoms with Crippen molar-refractivity contribution in [2.75, 3.05) is 0 Å². The molecule has 0 aliphatic carbocycles. The third-order valence-corrected chi connectivity index (χ3v) is 6.73. The summed E-state index contributed by atoms with van der Waals surface area (Å²) in [5.41, 5.74) is -0.0280. The quantitative estimate of drug-likeness (QED) is 0.159. The second-order valence-corrected chi connectivity index (χ2v) is 10.3. The molecule has 0 amide bonds. The van der Waals surface area contributed by atoms with Crippen LogP contribution in [0.1, 0.15) is 117 Å². The van der Waals surface area contributed by atoms with Crippen LogP contribution in [0.3, 0.4) is 0 Å². The molecule has 32 heavy (non-hydrogen) atoms. The summed E-state index contributed by atoms with van der Waals surface area (Å²) >= 11 is 0. The first-order valence-corrected chi connectivity index (χ1v) is 12.7. The minimum absolute atomic E-state index is 0.0321. The van der Waals surface area contributed by atoms with Gasteiger partial charge in [-0.25, -0.2) is 0 Å². The van der Waals surface area contributed by atoms with Gasteiger partial charge in [-0.05, 0) is 36.0 Å². The molecule has 0 fully saturated rings. The molecule has 1 atom stereocenters. The summed E-state index contributed by atoms with van der Waals surface area (Å²) in [4.78, 5) is 24.6. The van der Waals surface area contributed by atoms with Crippen LogP contribution in [0.15, 0.2) is 24.3 Å². The van der Waals surface area contributed by atoms with Crippen LogP contribution in [0.4, 0.5) is 0 Å². The third kappa shape index (κ3) is 9.34. The summed E-state index contributed by atoms with van der Waals surface area (Å²) in [6, 6.07) is 6.88. The smallest absolute Gasteiger partial charge is 0.317 e. The first-order valence-electron chi connectivity index (χ1n) is 12.7. The van der Waals surface area contributed by atoms with Gasteiger partial charge < -0.3 is 9.84 Å². The van der Waals surface area contributed by atoms with Crippen LogP contribution < -0.4 is 4.74 Å². The van der Waals surface area contributed by atoms with E-state index in [4.69, 9.17) is 9.84 Å². The zero-order valence-electron chi connectivity index (χ0n) is 21.2. The standard InChI is InChI=1S/C28H46O4/c1-6-8-10-12-13-15-21-28(27(3,4)5,20-14-11-9-7-2)26(31)32-24-18-16-23(17-19-24)22-25(29)30/h16-19H,6-15,20-22H2,1-5H3,(H,29,30). The van der Waals surface area contributed by atoms with E-state index >= 15 is 0 Å². The van der Waals surface area contributed by atoms with Gasteiger partial charge in [0.15, 0.2) is 0 Å². The van der Waals surface area contributed by atoms with E-state index in [1.54, 1.807) is 24.3 Å². The molecule has 0 saturated carbocycles. The van der Waals surface area contributed by atoms with Gasteiger partial charge in [-0.2, -0.15) is 0 Å². The average molecular weight is 447 g/mol. The molecule has 1 aromatic carbocycles. The molecule has 1 aromatic rings. The Bertz CT molecular complexity index is 672. The number of unbranched alkanes of at least 4 members (excludes halogenated alkanes) is 8. The number of hydrogen-bond acceptors (Lipinski definition) is 3. The molecular weight excluding hydrogens is 400 g/mol. The van der Waals surface area contributed by atoms with E-state index in [1.807, 2.05) is 0 Å². The van der Waals surface area contributed by atoms with Crippen LogP contribution in [0, 0.1) is 10.8 Å². The monoisotopic (exact) mass is 446 g/mol. The molecule has 0 aromatic heterocycles. The SMILES string of the molecule is CCCCCCCCC(CCCCCC)(C(=O)Oc1ccc(CC(=O)O)cc1)C(C)(C)C. The zero-order chi connectivity index (χ0) is 24.0. The highest BCUT2D eigenvalue weighted by molar-refractivity contribution is 5.80. The fourth-order valence-electron chi connectivity index (χ4n) is 4.50. The average Bonchev–Trinajstić information content (AvgIpc) is 2.72. The molecule has 4 nitrogen and oxygen atoms in total. The molecular formula is C28H46O4. The lowest BCUT2D eigenvalue weighted by molar-refractivity contribution is -0.155. The maximum Gasteiger partial charge on any atom is 0.317 e. The van der Waals surface area contributed by atoms with Crippen LogP contribution >= 0.6 is 0 Å². The number of carboxylic acid groups (broad SMARTS) is 1. The number of carboxylic acids is 1. The van der Waals surface area contributed by atoms with Crippen molar-refractivity contribution in [2.45, 2.75) is 118 Å². The normalized spacial score (nSPS) is 13.5. The van der Waals surface area contributed by atoms with Crippen molar-refractivity contribution in [3.63, 3.8) is 0 Å². The van der Waals surface area contributed by atoms with Gasteiger partial charge in [0, 0.05) is 0 Å². The second kappa shape index (κ2) is 14.3. The van der Waals surface area contributed by atoms with Gasteiger partial charge in [0.1, 0.15) is 5.75 Å². The molecule has 1 N–H and O–H groups in total. The Morgan fingerprint density at radius 3 is 1.72 bits per heavy atom. The van der Waals surface area contributed by atoms with Gasteiger partial charge >= 0.3 is 11.9 Å². The Morgan fingerprint density at radius 2 is 1.25 bits per heavy atom. The molecule has 4 heteroatoms. The highest BCUT2D eigenvalue weighted by Crippen LogP contribution is 2.48. The largest absolute Gasteiger partial charge is 0.481 e. The second-order valence-electron chi connectivity index (χ2n) is 10.3. The van der Waals surface area contributed by atoms with Crippen LogP contribution in [-0.2, 0) is 16.0 Å². The number of carbonyl (C=O) groups is 2. The van der Waals surface area contributed by atoms with Gasteiger partial charge in [0.2, 0.25) is 0 Å². The Kier molecular flexibility index (Phi) is 12.6. The third-order valence-electron chi connectivity index (χ3n) is 6.73. The van der Waals surface area contributed by atoms with Crippen molar-refractivity contribution in [2.24, 2.45) is 10.8 Å². The molecule has 0 heterocycles. The predicted molar refractivity (Wildman–Crippen MR) is 132 cm³/mol. The van der Waals surface area contributed by atoms with Gasteiger partial charge in [0.05, 0.1) is 11.8 Å². The number of hydrogen-bond donors (Lipinski definition) is 1. The van der Waals surface area contributed by atoms with Gasteiger partial charge in [-0.3, -0.25) is 9.59 Å². The number of ether oxygens (including phenoxy) is 1. The number of benzene rings is 1. The summed E-state index contributed by atoms with van der Waals surface area (Å²) in [7, 11) is 0. The first kappa shape index (κ1) is 28.2. The van der Waals surface area contributed by atoms with Crippen molar-refractivity contribution < 1.29 is 19.4 Å². The van der Waals surface area contributed by atoms with E-state index in [0.29, 0.717) is 11.3 Å². The number of carbonyl (C=O) groups excluding carboxylic acids is 1. The van der Waals surface area contributed by atoms with Crippen molar-refractivity contribution in [1.29, 1.82) is 0 Å². The molecule has 1 unspecified atom stereocenters. The Balaban J connectivity index is 2.98. The van der Waals surface area contributed by atoms with E-state index in [2.05, 4.69) is 34.6 Å². The number of esters is 1. The van der Waals surface area contributed by atoms with E-state index in [0.717, 1.165) is 38.5 Å². The maximum atomic E-state index is 13.7. The van der Waals surface area contributed by atoms with Crippen molar-refractivity contribution in [3.05, 3.63) is 29.8 Å². The first-order chi connectivity index (χ1) is 15.2. The minimum atomic E-state index is -0.868. The summed E-state index contributed by atoms with van der Waals surface area (Å²) in [5.74, 6) is -0.511. The summed E-state index contributed by atoms with van der Waals surface area (Å²) in [6.07, 6.45) is 13.4. The lowest BCUT2D eigenvalue weighted by Gasteiger charge is -2.43. The van der Waals surface area contributed by atoms with Gasteiger partial charge in [0.25, 0.3) is 0 Å². The fourth-order valence-corrected chi connectivity index (χ4v) is 4.50. The summed E-state index contributed by atoms with van der Waals surface area (Å²) in [6.45, 7) is 10.9. The predicted octanol–water partition coefficient (Wildman–Crippen LogP) is 7.97. The molecule has 0 aliphatic heterocycles. The van der Waals surface area contributed by atoms with Crippen molar-refractivity contribution in [1.82, 2.24) is 0 Å². The Morgan fingerprint density at radius 1 is 0.781 bits per heavy atom. The van der Waals surface area contributed by atoms with E-state index < -0.39 is 11.4 Å². The fraction of sp³-hybridized carbons (Fsp3) is 0.714. The van der Waals surface area contributed by atoms with Crippen LogP contribution in [0.2, 0.25) is 0 Å². The van der Waals surface area contributed by atoms with Gasteiger partial charge in [-0.15, -0.1) is 0 Å². The minimum Gasteiger partial charge on any atom is -0.481 e. The van der Waals surface area contributed by atoms with Crippen molar-refractivity contribution in [3.8, 4) is 5.75 Å². The summed E-state index contributed by atoms with van der Waals surface area (Å²) < 4.78 is 5.93. The van der Waals surface area contributed by atoms with E-state index in [-0.39, 0.29) is 17.8 Å². The number of aliphatic carboxylic acids is 1. The topological polar surface area (TPSA) is 63.6 Å². The molecule has 0 spiro atoms. The van der Waals surface area contributed by atoms with Crippen molar-refractivity contribution >= 4 is 11.9 Å². The molecule has 0 bridgehead atoms. The molecule has 0 aliphatic rings. The van der Waals surface area contributed by atoms with E-state index in [1.165, 1.54) is 38.5 Å². The highest BCUT2D eigenvalue weighted by Gasteiger charge is 2.48. The molecule has 1 rings (SSSR count). The maximum absolute atomic E-state index is 13.7. The van der Waals surface area contributed by atoms with Crippen LogP contribution in [-0.4, -0.2) is 17.0 Å². The molecule has 0 saturated heterocycles. The van der Waals surface area contributed by atoms with Crippen LogP contribution in [0.25, 0.3) is 0 Å². The lowest BCUT2D eigenvalue weighted by atomic mass is 9.61. The molecule has 182 valence electrons. The Labute approximate surface area is 196 Å². The highest BCUT2D eigenvalue weighted by atomic mass is 16.5. The Hall–Kier alpha value is -1.84. The number of rotatable bonds is 16. The van der Waals surface area contributed by atoms with E-state index in [9.17, 15) is 9.59 Å².